The summed E-state index contributed by atoms with van der Waals surface area (Å²) in [6.07, 6.45) is 9.49. The molecular formula is C22H34O5. The van der Waals surface area contributed by atoms with Gasteiger partial charge >= 0.3 is 5.97 Å². The molecule has 3 aliphatic rings. The van der Waals surface area contributed by atoms with E-state index in [0.29, 0.717) is 37.6 Å². The first kappa shape index (κ1) is 20.5. The van der Waals surface area contributed by atoms with Crippen LogP contribution in [0.25, 0.3) is 0 Å². The highest BCUT2D eigenvalue weighted by molar-refractivity contribution is 5.85. The summed E-state index contributed by atoms with van der Waals surface area (Å²) in [4.78, 5) is 24.0. The van der Waals surface area contributed by atoms with Crippen LogP contribution >= 0.6 is 0 Å². The molecule has 0 N–H and O–H groups in total. The average Bonchev–Trinajstić information content (AvgIpc) is 2.94. The summed E-state index contributed by atoms with van der Waals surface area (Å²) in [6.45, 7) is 8.97. The minimum atomic E-state index is -1.14. The predicted octanol–water partition coefficient (Wildman–Crippen LogP) is 3.91. The van der Waals surface area contributed by atoms with Crippen molar-refractivity contribution in [1.29, 1.82) is 0 Å². The van der Waals surface area contributed by atoms with Gasteiger partial charge in [-0.1, -0.05) is 32.4 Å². The number of fused-ring (bicyclic) bond motifs is 3. The average molecular weight is 379 g/mol. The molecule has 1 aliphatic heterocycles. The molecule has 5 nitrogen and oxygen atoms in total. The van der Waals surface area contributed by atoms with Gasteiger partial charge in [-0.15, -0.1) is 0 Å². The lowest BCUT2D eigenvalue weighted by atomic mass is 9.53. The van der Waals surface area contributed by atoms with Gasteiger partial charge in [-0.3, -0.25) is 9.59 Å². The Hall–Kier alpha value is -1.20. The lowest BCUT2D eigenvalue weighted by molar-refractivity contribution is -0.258. The van der Waals surface area contributed by atoms with Gasteiger partial charge in [0.05, 0.1) is 19.8 Å². The fourth-order valence-electron chi connectivity index (χ4n) is 5.61. The summed E-state index contributed by atoms with van der Waals surface area (Å²) in [7, 11) is 0. The number of hydrogen-bond donors (Lipinski definition) is 0. The zero-order valence-corrected chi connectivity index (χ0v) is 17.2. The fourth-order valence-corrected chi connectivity index (χ4v) is 5.61. The van der Waals surface area contributed by atoms with E-state index in [1.807, 2.05) is 0 Å². The minimum absolute atomic E-state index is 0.0142. The standard InChI is InChI=1S/C22H34O5/c1-5-6-11-26-22(15(2)23)21(4)19(14-27-22)9-8-18-12-17(7-10-20(18)21)13-25-16(3)24/h8-9,17-20H,5-7,10-14H2,1-4H3/t17-,18-,19+,20-,21-,22-/m0/s1. The lowest BCUT2D eigenvalue weighted by Crippen LogP contribution is -2.59. The lowest BCUT2D eigenvalue weighted by Gasteiger charge is -2.53. The van der Waals surface area contributed by atoms with Crippen molar-refractivity contribution in [3.63, 3.8) is 0 Å². The van der Waals surface area contributed by atoms with Crippen molar-refractivity contribution < 1.29 is 23.8 Å². The van der Waals surface area contributed by atoms with E-state index in [4.69, 9.17) is 14.2 Å². The molecule has 1 saturated heterocycles. The molecule has 0 spiro atoms. The summed E-state index contributed by atoms with van der Waals surface area (Å²) in [5.41, 5.74) is -0.349. The highest BCUT2D eigenvalue weighted by Crippen LogP contribution is 2.61. The van der Waals surface area contributed by atoms with Gasteiger partial charge in [-0.25, -0.2) is 0 Å². The Morgan fingerprint density at radius 3 is 2.67 bits per heavy atom. The van der Waals surface area contributed by atoms with Crippen molar-refractivity contribution in [1.82, 2.24) is 0 Å². The number of unbranched alkanes of at least 4 members (excludes halogenated alkanes) is 1. The molecule has 27 heavy (non-hydrogen) atoms. The van der Waals surface area contributed by atoms with Gasteiger partial charge in [0.1, 0.15) is 0 Å². The van der Waals surface area contributed by atoms with Crippen LogP contribution in [-0.4, -0.2) is 37.4 Å². The van der Waals surface area contributed by atoms with Crippen LogP contribution in [0.2, 0.25) is 0 Å². The smallest absolute Gasteiger partial charge is 0.302 e. The number of rotatable bonds is 7. The number of Topliss-reactive ketones (excluding diaryl/α,β-unsaturated/α-hetero) is 1. The summed E-state index contributed by atoms with van der Waals surface area (Å²) in [6, 6.07) is 0. The molecule has 1 saturated carbocycles. The Labute approximate surface area is 162 Å². The number of carbonyl (C=O) groups excluding carboxylic acids is 2. The Morgan fingerprint density at radius 1 is 1.22 bits per heavy atom. The van der Waals surface area contributed by atoms with E-state index in [-0.39, 0.29) is 23.1 Å². The highest BCUT2D eigenvalue weighted by atomic mass is 16.7. The zero-order chi connectivity index (χ0) is 19.7. The van der Waals surface area contributed by atoms with E-state index >= 15 is 0 Å². The van der Waals surface area contributed by atoms with Crippen molar-refractivity contribution in [3.05, 3.63) is 12.2 Å². The quantitative estimate of drug-likeness (QED) is 0.382. The van der Waals surface area contributed by atoms with Crippen LogP contribution < -0.4 is 0 Å². The number of hydrogen-bond acceptors (Lipinski definition) is 5. The van der Waals surface area contributed by atoms with Crippen LogP contribution in [0.15, 0.2) is 12.2 Å². The normalized spacial score (nSPS) is 40.3. The number of esters is 1. The van der Waals surface area contributed by atoms with Gasteiger partial charge in [-0.05, 0) is 43.4 Å². The van der Waals surface area contributed by atoms with Crippen LogP contribution in [0.1, 0.15) is 59.8 Å². The topological polar surface area (TPSA) is 61.8 Å². The van der Waals surface area contributed by atoms with E-state index in [1.165, 1.54) is 6.92 Å². The molecule has 0 bridgehead atoms. The maximum atomic E-state index is 12.8. The van der Waals surface area contributed by atoms with Crippen LogP contribution in [0, 0.1) is 29.1 Å². The molecule has 0 aromatic rings. The van der Waals surface area contributed by atoms with Crippen molar-refractivity contribution >= 4 is 11.8 Å². The van der Waals surface area contributed by atoms with Crippen molar-refractivity contribution in [2.24, 2.45) is 29.1 Å². The molecular weight excluding hydrogens is 344 g/mol. The second-order valence-corrected chi connectivity index (χ2v) is 8.71. The molecule has 1 heterocycles. The summed E-state index contributed by atoms with van der Waals surface area (Å²) in [5, 5.41) is 0. The third-order valence-corrected chi connectivity index (χ3v) is 7.10. The summed E-state index contributed by atoms with van der Waals surface area (Å²) in [5.74, 6) is -0.0650. The van der Waals surface area contributed by atoms with Gasteiger partial charge < -0.3 is 14.2 Å². The van der Waals surface area contributed by atoms with E-state index in [0.717, 1.165) is 32.1 Å². The Kier molecular flexibility index (Phi) is 6.11. The molecule has 5 heteroatoms. The second-order valence-electron chi connectivity index (χ2n) is 8.71. The van der Waals surface area contributed by atoms with Crippen molar-refractivity contribution in [2.75, 3.05) is 19.8 Å². The SMILES string of the molecule is CCCCO[C@@]1(C(C)=O)OC[C@H]2C=C[C@H]3C[C@@H](COC(C)=O)CC[C@@H]3[C@]21C. The Balaban J connectivity index is 1.82. The molecule has 0 amide bonds. The van der Waals surface area contributed by atoms with Gasteiger partial charge in [0.15, 0.2) is 5.78 Å². The van der Waals surface area contributed by atoms with Gasteiger partial charge in [0, 0.05) is 25.2 Å². The summed E-state index contributed by atoms with van der Waals surface area (Å²) < 4.78 is 17.7. The van der Waals surface area contributed by atoms with Crippen LogP contribution in [0.5, 0.6) is 0 Å². The second kappa shape index (κ2) is 8.04. The summed E-state index contributed by atoms with van der Waals surface area (Å²) >= 11 is 0. The molecule has 0 unspecified atom stereocenters. The maximum absolute atomic E-state index is 12.8. The maximum Gasteiger partial charge on any atom is 0.302 e. The first-order valence-corrected chi connectivity index (χ1v) is 10.5. The predicted molar refractivity (Wildman–Crippen MR) is 102 cm³/mol. The molecule has 6 atom stereocenters. The van der Waals surface area contributed by atoms with E-state index in [2.05, 4.69) is 26.0 Å². The largest absolute Gasteiger partial charge is 0.466 e. The van der Waals surface area contributed by atoms with Gasteiger partial charge in [0.2, 0.25) is 5.79 Å². The molecule has 0 aromatic heterocycles. The number of ketones is 1. The van der Waals surface area contributed by atoms with E-state index in [9.17, 15) is 9.59 Å². The van der Waals surface area contributed by atoms with Gasteiger partial charge in [-0.2, -0.15) is 0 Å². The molecule has 2 fully saturated rings. The number of allylic oxidation sites excluding steroid dienone is 1. The molecule has 152 valence electrons. The van der Waals surface area contributed by atoms with E-state index < -0.39 is 5.79 Å². The zero-order valence-electron chi connectivity index (χ0n) is 17.2. The number of ether oxygens (including phenoxy) is 3. The molecule has 2 aliphatic carbocycles. The molecule has 0 radical (unpaired) electrons. The van der Waals surface area contributed by atoms with Crippen LogP contribution in [0.3, 0.4) is 0 Å². The van der Waals surface area contributed by atoms with Crippen molar-refractivity contribution in [3.8, 4) is 0 Å². The van der Waals surface area contributed by atoms with E-state index in [1.54, 1.807) is 6.92 Å². The molecule has 0 aromatic carbocycles. The third kappa shape index (κ3) is 3.49. The first-order valence-electron chi connectivity index (χ1n) is 10.5. The monoisotopic (exact) mass is 378 g/mol. The Morgan fingerprint density at radius 2 is 2.00 bits per heavy atom. The van der Waals surface area contributed by atoms with Crippen LogP contribution in [-0.2, 0) is 23.8 Å². The van der Waals surface area contributed by atoms with Crippen LogP contribution in [0.4, 0.5) is 0 Å². The van der Waals surface area contributed by atoms with Crippen molar-refractivity contribution in [2.45, 2.75) is 65.6 Å². The highest BCUT2D eigenvalue weighted by Gasteiger charge is 2.67. The minimum Gasteiger partial charge on any atom is -0.466 e. The third-order valence-electron chi connectivity index (χ3n) is 7.10. The Bertz CT molecular complexity index is 600. The first-order chi connectivity index (χ1) is 12.8. The molecule has 3 rings (SSSR count). The number of carbonyl (C=O) groups is 2. The fraction of sp³-hybridized carbons (Fsp3) is 0.818. The van der Waals surface area contributed by atoms with Gasteiger partial charge in [0.25, 0.3) is 0 Å².